The number of anilines is 3. The number of benzene rings is 2. The predicted octanol–water partition coefficient (Wildman–Crippen LogP) is 4.48. The van der Waals surface area contributed by atoms with Gasteiger partial charge in [0.15, 0.2) is 5.11 Å². The molecule has 0 saturated heterocycles. The van der Waals surface area contributed by atoms with Gasteiger partial charge in [-0.2, -0.15) is 9.97 Å². The minimum absolute atomic E-state index is 0.486. The maximum absolute atomic E-state index is 5.59. The van der Waals surface area contributed by atoms with E-state index in [0.717, 1.165) is 56.2 Å². The van der Waals surface area contributed by atoms with Gasteiger partial charge in [0.1, 0.15) is 11.6 Å². The molecule has 7 nitrogen and oxygen atoms in total. The Labute approximate surface area is 222 Å². The molecule has 4 aromatic rings. The molecule has 0 unspecified atom stereocenters. The van der Waals surface area contributed by atoms with Crippen molar-refractivity contribution in [2.24, 2.45) is 0 Å². The van der Waals surface area contributed by atoms with Gasteiger partial charge in [0, 0.05) is 51.2 Å². The van der Waals surface area contributed by atoms with Gasteiger partial charge in [0.05, 0.1) is 0 Å². The molecule has 0 bridgehead atoms. The van der Waals surface area contributed by atoms with Crippen LogP contribution < -0.4 is 20.4 Å². The number of nitrogens with one attached hydrogen (secondary N) is 2. The fourth-order valence-corrected chi connectivity index (χ4v) is 5.18. The zero-order valence-electron chi connectivity index (χ0n) is 20.6. The van der Waals surface area contributed by atoms with E-state index in [1.54, 1.807) is 6.20 Å². The number of thiocarbonyl (C=S) groups is 1. The van der Waals surface area contributed by atoms with Crippen molar-refractivity contribution in [3.63, 3.8) is 0 Å². The first-order valence-electron chi connectivity index (χ1n) is 12.7. The van der Waals surface area contributed by atoms with Crippen LogP contribution in [0.2, 0.25) is 0 Å². The lowest BCUT2D eigenvalue weighted by Crippen LogP contribution is -2.34. The molecule has 2 N–H and O–H groups in total. The molecule has 2 aromatic heterocycles. The van der Waals surface area contributed by atoms with Crippen molar-refractivity contribution < 1.29 is 0 Å². The molecule has 4 heterocycles. The third-order valence-corrected chi connectivity index (χ3v) is 7.26. The van der Waals surface area contributed by atoms with Crippen molar-refractivity contribution >= 4 is 34.9 Å². The van der Waals surface area contributed by atoms with Gasteiger partial charge in [-0.25, -0.2) is 0 Å². The van der Waals surface area contributed by atoms with Crippen LogP contribution >= 0.6 is 12.2 Å². The molecule has 2 aliphatic rings. The summed E-state index contributed by atoms with van der Waals surface area (Å²) in [5.74, 6) is 2.33. The summed E-state index contributed by atoms with van der Waals surface area (Å²) in [6.07, 6.45) is 5.59. The average Bonchev–Trinajstić information content (AvgIpc) is 2.96. The van der Waals surface area contributed by atoms with Crippen molar-refractivity contribution in [2.75, 3.05) is 28.2 Å². The molecule has 0 saturated carbocycles. The van der Waals surface area contributed by atoms with Crippen molar-refractivity contribution in [1.29, 1.82) is 0 Å². The lowest BCUT2D eigenvalue weighted by molar-refractivity contribution is 0.706. The molecular weight excluding hydrogens is 478 g/mol. The monoisotopic (exact) mass is 507 g/mol. The zero-order valence-corrected chi connectivity index (χ0v) is 21.4. The summed E-state index contributed by atoms with van der Waals surface area (Å²) in [4.78, 5) is 18.6. The fraction of sp³-hybridized carbons (Fsp3) is 0.241. The molecule has 0 amide bonds. The highest BCUT2D eigenvalue weighted by Gasteiger charge is 2.22. The Morgan fingerprint density at radius 1 is 0.784 bits per heavy atom. The topological polar surface area (TPSA) is 69.2 Å². The predicted molar refractivity (Wildman–Crippen MR) is 152 cm³/mol. The summed E-state index contributed by atoms with van der Waals surface area (Å²) in [5, 5.41) is 6.96. The van der Waals surface area contributed by atoms with E-state index in [1.807, 2.05) is 18.3 Å². The van der Waals surface area contributed by atoms with Crippen LogP contribution in [0.5, 0.6) is 0 Å². The second-order valence-electron chi connectivity index (χ2n) is 9.46. The number of aromatic nitrogens is 3. The van der Waals surface area contributed by atoms with Gasteiger partial charge in [0.2, 0.25) is 5.95 Å². The van der Waals surface area contributed by atoms with Gasteiger partial charge in [0.25, 0.3) is 0 Å². The van der Waals surface area contributed by atoms with E-state index < -0.39 is 0 Å². The summed E-state index contributed by atoms with van der Waals surface area (Å²) in [5.41, 5.74) is 6.59. The lowest BCUT2D eigenvalue weighted by atomic mass is 9.99. The van der Waals surface area contributed by atoms with Crippen LogP contribution in [0.25, 0.3) is 0 Å². The molecule has 6 rings (SSSR count). The largest absolute Gasteiger partial charge is 0.358 e. The van der Waals surface area contributed by atoms with Crippen LogP contribution in [0.4, 0.5) is 17.6 Å². The Morgan fingerprint density at radius 3 is 1.95 bits per heavy atom. The second kappa shape index (κ2) is 10.5. The minimum atomic E-state index is 0.486. The van der Waals surface area contributed by atoms with E-state index in [2.05, 4.69) is 80.0 Å². The molecule has 186 valence electrons. The number of nitrogens with zero attached hydrogens (tertiary/aromatic N) is 5. The Hall–Kier alpha value is -4.04. The third kappa shape index (κ3) is 5.39. The minimum Gasteiger partial charge on any atom is -0.358 e. The van der Waals surface area contributed by atoms with Crippen LogP contribution in [-0.2, 0) is 32.5 Å². The molecule has 0 aliphatic carbocycles. The molecule has 0 atom stereocenters. The molecule has 2 aromatic carbocycles. The molecular formula is C29H29N7S. The molecule has 2 aliphatic heterocycles. The number of pyridine rings is 1. The highest BCUT2D eigenvalue weighted by Crippen LogP contribution is 2.29. The molecule has 37 heavy (non-hydrogen) atoms. The fourth-order valence-electron chi connectivity index (χ4n) is 5.02. The van der Waals surface area contributed by atoms with Crippen molar-refractivity contribution in [2.45, 2.75) is 32.5 Å². The Bertz CT molecular complexity index is 1330. The van der Waals surface area contributed by atoms with Crippen LogP contribution in [0, 0.1) is 0 Å². The summed E-state index contributed by atoms with van der Waals surface area (Å²) in [7, 11) is 0. The van der Waals surface area contributed by atoms with Gasteiger partial charge < -0.3 is 20.4 Å². The van der Waals surface area contributed by atoms with Crippen LogP contribution in [0.15, 0.2) is 79.1 Å². The van der Waals surface area contributed by atoms with Gasteiger partial charge in [-0.1, -0.05) is 54.6 Å². The normalized spacial score (nSPS) is 14.5. The molecule has 0 fully saturated rings. The number of hydrogen-bond acceptors (Lipinski definition) is 6. The van der Waals surface area contributed by atoms with Crippen LogP contribution in [-0.4, -0.2) is 33.2 Å². The summed E-state index contributed by atoms with van der Waals surface area (Å²) < 4.78 is 0. The van der Waals surface area contributed by atoms with Gasteiger partial charge >= 0.3 is 0 Å². The Morgan fingerprint density at radius 2 is 1.38 bits per heavy atom. The highest BCUT2D eigenvalue weighted by atomic mass is 32.1. The molecule has 8 heteroatoms. The van der Waals surface area contributed by atoms with Crippen molar-refractivity contribution in [3.8, 4) is 0 Å². The van der Waals surface area contributed by atoms with Gasteiger partial charge in [-0.3, -0.25) is 4.98 Å². The maximum atomic E-state index is 5.59. The van der Waals surface area contributed by atoms with E-state index in [1.165, 1.54) is 22.3 Å². The summed E-state index contributed by atoms with van der Waals surface area (Å²) in [6, 6.07) is 23.4. The lowest BCUT2D eigenvalue weighted by Gasteiger charge is -2.33. The molecule has 0 spiro atoms. The van der Waals surface area contributed by atoms with E-state index in [0.29, 0.717) is 17.6 Å². The second-order valence-corrected chi connectivity index (χ2v) is 9.87. The third-order valence-electron chi connectivity index (χ3n) is 7.01. The van der Waals surface area contributed by atoms with Crippen LogP contribution in [0.1, 0.15) is 27.8 Å². The number of rotatable bonds is 5. The first-order valence-corrected chi connectivity index (χ1v) is 13.1. The SMILES string of the molecule is S=C(NCc1cccnc1)Nc1nc(N2CCc3ccccc3C2)cc(N2CCc3ccccc3C2)n1. The van der Waals surface area contributed by atoms with E-state index in [9.17, 15) is 0 Å². The zero-order chi connectivity index (χ0) is 25.0. The Kier molecular flexibility index (Phi) is 6.64. The van der Waals surface area contributed by atoms with E-state index >= 15 is 0 Å². The van der Waals surface area contributed by atoms with Gasteiger partial charge in [-0.05, 0) is 58.9 Å². The smallest absolute Gasteiger partial charge is 0.232 e. The highest BCUT2D eigenvalue weighted by molar-refractivity contribution is 7.80. The van der Waals surface area contributed by atoms with Gasteiger partial charge in [-0.15, -0.1) is 0 Å². The average molecular weight is 508 g/mol. The summed E-state index contributed by atoms with van der Waals surface area (Å²) in [6.45, 7) is 4.08. The maximum Gasteiger partial charge on any atom is 0.232 e. The first-order chi connectivity index (χ1) is 18.2. The molecule has 0 radical (unpaired) electrons. The van der Waals surface area contributed by atoms with E-state index in [-0.39, 0.29) is 0 Å². The first kappa shape index (κ1) is 23.4. The Balaban J connectivity index is 1.26. The van der Waals surface area contributed by atoms with Crippen molar-refractivity contribution in [3.05, 3.63) is 107 Å². The summed E-state index contributed by atoms with van der Waals surface area (Å²) >= 11 is 5.59. The van der Waals surface area contributed by atoms with Crippen LogP contribution in [0.3, 0.4) is 0 Å². The standard InChI is InChI=1S/C29H29N7S/c37-29(31-18-21-6-5-13-30-17-21)34-28-32-26(35-14-11-22-7-1-3-9-24(22)19-35)16-27(33-28)36-15-12-23-8-2-4-10-25(23)20-36/h1-10,13,16-17H,11-12,14-15,18-20H2,(H2,31,32,33,34,37). The quantitative estimate of drug-likeness (QED) is 0.383. The number of fused-ring (bicyclic) bond motifs is 2. The number of hydrogen-bond donors (Lipinski definition) is 2. The van der Waals surface area contributed by atoms with Crippen molar-refractivity contribution in [1.82, 2.24) is 20.3 Å². The van der Waals surface area contributed by atoms with E-state index in [4.69, 9.17) is 22.2 Å².